The molecule has 0 bridgehead atoms. The zero-order chi connectivity index (χ0) is 18.0. The number of nitrogens with one attached hydrogen (secondary N) is 1. The van der Waals surface area contributed by atoms with Crippen LogP contribution in [-0.2, 0) is 19.5 Å². The minimum absolute atomic E-state index is 0.0200. The van der Waals surface area contributed by atoms with E-state index in [0.29, 0.717) is 19.8 Å². The van der Waals surface area contributed by atoms with Crippen LogP contribution in [0.15, 0.2) is 17.5 Å². The molecule has 1 aliphatic rings. The van der Waals surface area contributed by atoms with Gasteiger partial charge in [-0.25, -0.2) is 13.1 Å². The molecule has 1 aromatic heterocycles. The molecule has 1 atom stereocenters. The molecule has 1 N–H and O–H groups in total. The lowest BCUT2D eigenvalue weighted by Gasteiger charge is -2.30. The summed E-state index contributed by atoms with van der Waals surface area (Å²) in [4.78, 5) is 3.65. The number of nitrogens with zero attached hydrogens (tertiary/aromatic N) is 1. The molecule has 1 aromatic rings. The Morgan fingerprint density at radius 2 is 1.96 bits per heavy atom. The van der Waals surface area contributed by atoms with Gasteiger partial charge in [0.05, 0.1) is 31.6 Å². The van der Waals surface area contributed by atoms with Gasteiger partial charge in [0.15, 0.2) is 0 Å². The molecule has 0 saturated carbocycles. The minimum atomic E-state index is -3.34. The van der Waals surface area contributed by atoms with E-state index >= 15 is 0 Å². The molecule has 0 radical (unpaired) electrons. The molecular formula is C17H30N2O4S2. The van der Waals surface area contributed by atoms with Crippen LogP contribution in [0.4, 0.5) is 0 Å². The first-order valence-corrected chi connectivity index (χ1v) is 11.5. The predicted octanol–water partition coefficient (Wildman–Crippen LogP) is 2.25. The third kappa shape index (κ3) is 7.72. The number of hydrogen-bond acceptors (Lipinski definition) is 6. The molecule has 6 nitrogen and oxygen atoms in total. The molecule has 144 valence electrons. The first kappa shape index (κ1) is 20.8. The van der Waals surface area contributed by atoms with Gasteiger partial charge in [-0.1, -0.05) is 18.9 Å². The number of thiophene rings is 1. The van der Waals surface area contributed by atoms with Crippen LogP contribution >= 0.6 is 11.3 Å². The quantitative estimate of drug-likeness (QED) is 0.587. The summed E-state index contributed by atoms with van der Waals surface area (Å²) in [5, 5.41) is 2.05. The monoisotopic (exact) mass is 390 g/mol. The maximum atomic E-state index is 12.3. The Hall–Kier alpha value is -0.510. The topological polar surface area (TPSA) is 67.9 Å². The minimum Gasteiger partial charge on any atom is -0.382 e. The molecule has 1 saturated heterocycles. The molecule has 25 heavy (non-hydrogen) atoms. The van der Waals surface area contributed by atoms with E-state index < -0.39 is 10.0 Å². The average molecular weight is 391 g/mol. The average Bonchev–Trinajstić information content (AvgIpc) is 2.98. The highest BCUT2D eigenvalue weighted by Gasteiger charge is 2.24. The van der Waals surface area contributed by atoms with Gasteiger partial charge < -0.3 is 9.47 Å². The van der Waals surface area contributed by atoms with Crippen molar-refractivity contribution in [3.63, 3.8) is 0 Å². The van der Waals surface area contributed by atoms with Crippen molar-refractivity contribution in [2.75, 3.05) is 52.3 Å². The van der Waals surface area contributed by atoms with Crippen LogP contribution in [0.5, 0.6) is 0 Å². The molecule has 2 rings (SSSR count). The van der Waals surface area contributed by atoms with Crippen molar-refractivity contribution in [2.24, 2.45) is 0 Å². The number of rotatable bonds is 11. The fourth-order valence-electron chi connectivity index (χ4n) is 2.99. The number of ether oxygens (including phenoxy) is 2. The van der Waals surface area contributed by atoms with Crippen LogP contribution < -0.4 is 4.72 Å². The summed E-state index contributed by atoms with van der Waals surface area (Å²) in [6.07, 6.45) is 4.89. The maximum Gasteiger partial charge on any atom is 0.213 e. The molecule has 0 spiro atoms. The molecule has 0 aliphatic carbocycles. The van der Waals surface area contributed by atoms with Gasteiger partial charge in [0.2, 0.25) is 10.0 Å². The third-order valence-electron chi connectivity index (χ3n) is 4.38. The van der Waals surface area contributed by atoms with Gasteiger partial charge in [-0.3, -0.25) is 4.90 Å². The third-order valence-corrected chi connectivity index (χ3v) is 6.66. The first-order valence-electron chi connectivity index (χ1n) is 8.94. The van der Waals surface area contributed by atoms with Gasteiger partial charge in [-0.05, 0) is 37.4 Å². The van der Waals surface area contributed by atoms with Crippen LogP contribution in [0.25, 0.3) is 0 Å². The van der Waals surface area contributed by atoms with Crippen molar-refractivity contribution >= 4 is 21.4 Å². The van der Waals surface area contributed by atoms with Crippen molar-refractivity contribution < 1.29 is 17.9 Å². The molecule has 0 amide bonds. The Morgan fingerprint density at radius 3 is 2.60 bits per heavy atom. The van der Waals surface area contributed by atoms with Crippen LogP contribution in [0.2, 0.25) is 0 Å². The van der Waals surface area contributed by atoms with Crippen LogP contribution in [0.3, 0.4) is 0 Å². The summed E-state index contributed by atoms with van der Waals surface area (Å²) in [7, 11) is -1.75. The fraction of sp³-hybridized carbons (Fsp3) is 0.765. The molecule has 1 unspecified atom stereocenters. The number of likely N-dealkylation sites (tertiary alicyclic amines) is 1. The standard InChI is InChI=1S/C17H30N2O4S2/c1-22-10-11-23-12-14-25(20,21)18-15-16(17-7-6-13-24-17)19-8-4-2-3-5-9-19/h6-7,13,16,18H,2-5,8-12,14-15H2,1H3. The molecule has 8 heteroatoms. The lowest BCUT2D eigenvalue weighted by atomic mass is 10.2. The largest absolute Gasteiger partial charge is 0.382 e. The fourth-order valence-corrected chi connectivity index (χ4v) is 4.74. The van der Waals surface area contributed by atoms with E-state index in [1.54, 1.807) is 18.4 Å². The van der Waals surface area contributed by atoms with Crippen molar-refractivity contribution in [3.05, 3.63) is 22.4 Å². The smallest absolute Gasteiger partial charge is 0.213 e. The zero-order valence-corrected chi connectivity index (χ0v) is 16.6. The molecule has 1 fully saturated rings. The van der Waals surface area contributed by atoms with E-state index in [0.717, 1.165) is 13.1 Å². The molecule has 2 heterocycles. The highest BCUT2D eigenvalue weighted by atomic mass is 32.2. The summed E-state index contributed by atoms with van der Waals surface area (Å²) in [5.74, 6) is -0.0200. The Labute approximate surface area is 155 Å². The van der Waals surface area contributed by atoms with Crippen LogP contribution in [0, 0.1) is 0 Å². The second kappa shape index (κ2) is 11.3. The SMILES string of the molecule is COCCOCCS(=O)(=O)NCC(c1cccs1)N1CCCCCC1. The summed E-state index contributed by atoms with van der Waals surface area (Å²) in [6.45, 7) is 3.56. The Balaban J connectivity index is 1.88. The number of sulfonamides is 1. The zero-order valence-electron chi connectivity index (χ0n) is 15.0. The molecule has 0 aromatic carbocycles. The highest BCUT2D eigenvalue weighted by molar-refractivity contribution is 7.89. The Kier molecular flexibility index (Phi) is 9.36. The van der Waals surface area contributed by atoms with Crippen molar-refractivity contribution in [2.45, 2.75) is 31.7 Å². The van der Waals surface area contributed by atoms with Gasteiger partial charge in [-0.15, -0.1) is 11.3 Å². The number of methoxy groups -OCH3 is 1. The van der Waals surface area contributed by atoms with E-state index in [4.69, 9.17) is 9.47 Å². The lowest BCUT2D eigenvalue weighted by Crippen LogP contribution is -2.39. The molecule has 1 aliphatic heterocycles. The van der Waals surface area contributed by atoms with Gasteiger partial charge >= 0.3 is 0 Å². The normalized spacial score (nSPS) is 18.1. The molecular weight excluding hydrogens is 360 g/mol. The Bertz CT molecular complexity index is 555. The van der Waals surface area contributed by atoms with Gasteiger partial charge in [-0.2, -0.15) is 0 Å². The van der Waals surface area contributed by atoms with Crippen molar-refractivity contribution in [3.8, 4) is 0 Å². The summed E-state index contributed by atoms with van der Waals surface area (Å²) < 4.78 is 37.4. The lowest BCUT2D eigenvalue weighted by molar-refractivity contribution is 0.0784. The van der Waals surface area contributed by atoms with Crippen LogP contribution in [-0.4, -0.2) is 65.6 Å². The first-order chi connectivity index (χ1) is 12.1. The van der Waals surface area contributed by atoms with E-state index in [1.807, 2.05) is 6.07 Å². The number of hydrogen-bond donors (Lipinski definition) is 1. The summed E-state index contributed by atoms with van der Waals surface area (Å²) in [5.41, 5.74) is 0. The van der Waals surface area contributed by atoms with E-state index in [9.17, 15) is 8.42 Å². The maximum absolute atomic E-state index is 12.3. The van der Waals surface area contributed by atoms with E-state index in [1.165, 1.54) is 30.6 Å². The van der Waals surface area contributed by atoms with Gasteiger partial charge in [0.1, 0.15) is 0 Å². The predicted molar refractivity (Wildman–Crippen MR) is 102 cm³/mol. The van der Waals surface area contributed by atoms with E-state index in [2.05, 4.69) is 21.1 Å². The van der Waals surface area contributed by atoms with Gasteiger partial charge in [0, 0.05) is 18.5 Å². The highest BCUT2D eigenvalue weighted by Crippen LogP contribution is 2.27. The summed E-state index contributed by atoms with van der Waals surface area (Å²) >= 11 is 1.69. The van der Waals surface area contributed by atoms with Gasteiger partial charge in [0.25, 0.3) is 0 Å². The second-order valence-electron chi connectivity index (χ2n) is 6.25. The van der Waals surface area contributed by atoms with E-state index in [-0.39, 0.29) is 18.4 Å². The van der Waals surface area contributed by atoms with Crippen LogP contribution in [0.1, 0.15) is 36.6 Å². The summed E-state index contributed by atoms with van der Waals surface area (Å²) in [6, 6.07) is 4.24. The van der Waals surface area contributed by atoms with Crippen molar-refractivity contribution in [1.82, 2.24) is 9.62 Å². The Morgan fingerprint density at radius 1 is 1.20 bits per heavy atom. The van der Waals surface area contributed by atoms with Crippen molar-refractivity contribution in [1.29, 1.82) is 0 Å². The second-order valence-corrected chi connectivity index (χ2v) is 9.16.